The molecular weight excluding hydrogens is 220 g/mol. The third kappa shape index (κ3) is 8.12. The van der Waals surface area contributed by atoms with Gasteiger partial charge in [-0.15, -0.1) is 0 Å². The second-order valence-electron chi connectivity index (χ2n) is 5.09. The summed E-state index contributed by atoms with van der Waals surface area (Å²) in [5.41, 5.74) is 5.61. The molecule has 5 nitrogen and oxygen atoms in total. The Labute approximate surface area is 104 Å². The highest BCUT2D eigenvalue weighted by Gasteiger charge is 2.26. The van der Waals surface area contributed by atoms with Gasteiger partial charge >= 0.3 is 0 Å². The van der Waals surface area contributed by atoms with Crippen LogP contribution in [-0.2, 0) is 14.3 Å². The lowest BCUT2D eigenvalue weighted by atomic mass is 9.87. The highest BCUT2D eigenvalue weighted by Crippen LogP contribution is 2.16. The summed E-state index contributed by atoms with van der Waals surface area (Å²) in [5.74, 6) is -0.102. The molecule has 0 aliphatic rings. The highest BCUT2D eigenvalue weighted by atomic mass is 16.5. The Morgan fingerprint density at radius 2 is 1.94 bits per heavy atom. The molecule has 102 valence electrons. The van der Waals surface area contributed by atoms with Crippen molar-refractivity contribution in [2.45, 2.75) is 33.2 Å². The second-order valence-corrected chi connectivity index (χ2v) is 5.09. The highest BCUT2D eigenvalue weighted by molar-refractivity contribution is 5.82. The van der Waals surface area contributed by atoms with Crippen LogP contribution in [-0.4, -0.2) is 45.4 Å². The molecule has 5 heteroatoms. The van der Waals surface area contributed by atoms with E-state index in [4.69, 9.17) is 15.2 Å². The van der Waals surface area contributed by atoms with Gasteiger partial charge in [-0.1, -0.05) is 20.8 Å². The quantitative estimate of drug-likeness (QED) is 0.613. The third-order valence-electron chi connectivity index (χ3n) is 2.41. The molecule has 0 aliphatic carbocycles. The fourth-order valence-electron chi connectivity index (χ4n) is 1.13. The van der Waals surface area contributed by atoms with Gasteiger partial charge in [0, 0.05) is 20.3 Å². The van der Waals surface area contributed by atoms with Crippen LogP contribution in [0, 0.1) is 5.41 Å². The van der Waals surface area contributed by atoms with E-state index in [1.807, 2.05) is 20.8 Å². The molecule has 0 aromatic rings. The van der Waals surface area contributed by atoms with E-state index in [1.54, 1.807) is 7.11 Å². The monoisotopic (exact) mass is 246 g/mol. The largest absolute Gasteiger partial charge is 0.382 e. The molecule has 0 aromatic heterocycles. The van der Waals surface area contributed by atoms with E-state index in [9.17, 15) is 4.79 Å². The van der Waals surface area contributed by atoms with Gasteiger partial charge in [0.1, 0.15) is 0 Å². The molecule has 0 heterocycles. The number of hydrogen-bond donors (Lipinski definition) is 2. The number of methoxy groups -OCH3 is 1. The van der Waals surface area contributed by atoms with Crippen molar-refractivity contribution in [1.29, 1.82) is 0 Å². The SMILES string of the molecule is COCCOCCCNC(=O)C(N)C(C)(C)C. The Balaban J connectivity index is 3.52. The van der Waals surface area contributed by atoms with Gasteiger partial charge in [0.05, 0.1) is 19.3 Å². The maximum atomic E-state index is 11.6. The van der Waals surface area contributed by atoms with Crippen molar-refractivity contribution in [2.24, 2.45) is 11.1 Å². The first-order valence-electron chi connectivity index (χ1n) is 5.99. The van der Waals surface area contributed by atoms with E-state index in [0.717, 1.165) is 6.42 Å². The molecule has 0 aliphatic heterocycles. The molecule has 17 heavy (non-hydrogen) atoms. The summed E-state index contributed by atoms with van der Waals surface area (Å²) in [7, 11) is 1.64. The topological polar surface area (TPSA) is 73.6 Å². The van der Waals surface area contributed by atoms with E-state index < -0.39 is 6.04 Å². The molecule has 0 spiro atoms. The Morgan fingerprint density at radius 1 is 1.29 bits per heavy atom. The minimum Gasteiger partial charge on any atom is -0.382 e. The Bertz CT molecular complexity index is 214. The van der Waals surface area contributed by atoms with Crippen LogP contribution in [0.1, 0.15) is 27.2 Å². The molecule has 0 rings (SSSR count). The second kappa shape index (κ2) is 8.44. The van der Waals surface area contributed by atoms with Crippen LogP contribution in [0.3, 0.4) is 0 Å². The van der Waals surface area contributed by atoms with Gasteiger partial charge in [-0.25, -0.2) is 0 Å². The summed E-state index contributed by atoms with van der Waals surface area (Å²) >= 11 is 0. The van der Waals surface area contributed by atoms with E-state index in [1.165, 1.54) is 0 Å². The molecule has 0 aromatic carbocycles. The summed E-state index contributed by atoms with van der Waals surface area (Å²) in [6, 6.07) is -0.475. The number of nitrogens with one attached hydrogen (secondary N) is 1. The minimum atomic E-state index is -0.475. The minimum absolute atomic E-state index is 0.102. The number of carbonyl (C=O) groups is 1. The molecule has 0 saturated heterocycles. The van der Waals surface area contributed by atoms with Crippen LogP contribution >= 0.6 is 0 Å². The molecule has 0 fully saturated rings. The molecule has 0 bridgehead atoms. The lowest BCUT2D eigenvalue weighted by molar-refractivity contribution is -0.124. The average molecular weight is 246 g/mol. The first-order chi connectivity index (χ1) is 7.89. The zero-order valence-corrected chi connectivity index (χ0v) is 11.4. The molecule has 3 N–H and O–H groups in total. The van der Waals surface area contributed by atoms with Crippen molar-refractivity contribution in [3.05, 3.63) is 0 Å². The third-order valence-corrected chi connectivity index (χ3v) is 2.41. The Morgan fingerprint density at radius 3 is 2.47 bits per heavy atom. The number of amides is 1. The first-order valence-corrected chi connectivity index (χ1v) is 5.99. The summed E-state index contributed by atoms with van der Waals surface area (Å²) < 4.78 is 10.1. The lowest BCUT2D eigenvalue weighted by Crippen LogP contribution is -2.48. The van der Waals surface area contributed by atoms with Crippen LogP contribution in [0.2, 0.25) is 0 Å². The van der Waals surface area contributed by atoms with Crippen LogP contribution in [0.15, 0.2) is 0 Å². The van der Waals surface area contributed by atoms with Crippen LogP contribution < -0.4 is 11.1 Å². The van der Waals surface area contributed by atoms with Crippen molar-refractivity contribution < 1.29 is 14.3 Å². The fourth-order valence-corrected chi connectivity index (χ4v) is 1.13. The normalized spacial score (nSPS) is 13.5. The van der Waals surface area contributed by atoms with E-state index in [0.29, 0.717) is 26.4 Å². The number of carbonyl (C=O) groups excluding carboxylic acids is 1. The number of ether oxygens (including phenoxy) is 2. The molecule has 1 atom stereocenters. The standard InChI is InChI=1S/C12H26N2O3/c1-12(2,3)10(13)11(15)14-6-5-7-17-9-8-16-4/h10H,5-9,13H2,1-4H3,(H,14,15). The van der Waals surface area contributed by atoms with Gasteiger partial charge in [0.2, 0.25) is 5.91 Å². The molecule has 0 saturated carbocycles. The van der Waals surface area contributed by atoms with Crippen molar-refractivity contribution in [2.75, 3.05) is 33.5 Å². The van der Waals surface area contributed by atoms with Crippen molar-refractivity contribution >= 4 is 5.91 Å². The first kappa shape index (κ1) is 16.4. The van der Waals surface area contributed by atoms with Crippen LogP contribution in [0.5, 0.6) is 0 Å². The van der Waals surface area contributed by atoms with Crippen molar-refractivity contribution in [3.63, 3.8) is 0 Å². The molecule has 0 radical (unpaired) electrons. The summed E-state index contributed by atoms with van der Waals surface area (Å²) in [6.07, 6.45) is 0.784. The van der Waals surface area contributed by atoms with Gasteiger partial charge in [0.15, 0.2) is 0 Å². The van der Waals surface area contributed by atoms with Crippen LogP contribution in [0.4, 0.5) is 0 Å². The Kier molecular flexibility index (Phi) is 8.12. The van der Waals surface area contributed by atoms with Gasteiger partial charge in [-0.3, -0.25) is 4.79 Å². The average Bonchev–Trinajstić information content (AvgIpc) is 2.25. The zero-order chi connectivity index (χ0) is 13.3. The van der Waals surface area contributed by atoms with E-state index in [-0.39, 0.29) is 11.3 Å². The lowest BCUT2D eigenvalue weighted by Gasteiger charge is -2.25. The van der Waals surface area contributed by atoms with Crippen molar-refractivity contribution in [1.82, 2.24) is 5.32 Å². The van der Waals surface area contributed by atoms with E-state index in [2.05, 4.69) is 5.32 Å². The summed E-state index contributed by atoms with van der Waals surface area (Å²) in [4.78, 5) is 11.6. The van der Waals surface area contributed by atoms with Crippen LogP contribution in [0.25, 0.3) is 0 Å². The van der Waals surface area contributed by atoms with Gasteiger partial charge in [-0.2, -0.15) is 0 Å². The number of hydrogen-bond acceptors (Lipinski definition) is 4. The van der Waals surface area contributed by atoms with E-state index >= 15 is 0 Å². The zero-order valence-electron chi connectivity index (χ0n) is 11.4. The molecule has 1 unspecified atom stereocenters. The molecular formula is C12H26N2O3. The van der Waals surface area contributed by atoms with Gasteiger partial charge < -0.3 is 20.5 Å². The smallest absolute Gasteiger partial charge is 0.237 e. The van der Waals surface area contributed by atoms with Gasteiger partial charge in [-0.05, 0) is 11.8 Å². The van der Waals surface area contributed by atoms with Crippen molar-refractivity contribution in [3.8, 4) is 0 Å². The van der Waals surface area contributed by atoms with Gasteiger partial charge in [0.25, 0.3) is 0 Å². The predicted molar refractivity (Wildman–Crippen MR) is 67.8 cm³/mol. The summed E-state index contributed by atoms with van der Waals surface area (Å²) in [6.45, 7) is 8.25. The Hall–Kier alpha value is -0.650. The maximum Gasteiger partial charge on any atom is 0.237 e. The summed E-state index contributed by atoms with van der Waals surface area (Å²) in [5, 5.41) is 2.80. The molecule has 1 amide bonds. The number of nitrogens with two attached hydrogens (primary N) is 1. The number of rotatable bonds is 8. The maximum absolute atomic E-state index is 11.6. The fraction of sp³-hybridized carbons (Fsp3) is 0.917. The predicted octanol–water partition coefficient (Wildman–Crippen LogP) is 0.529.